The zero-order valence-corrected chi connectivity index (χ0v) is 16.7. The minimum atomic E-state index is -0.441. The lowest BCUT2D eigenvalue weighted by atomic mass is 9.87. The summed E-state index contributed by atoms with van der Waals surface area (Å²) in [6.07, 6.45) is 2.78. The number of nitrogens with one attached hydrogen (secondary N) is 3. The van der Waals surface area contributed by atoms with Gasteiger partial charge in [0.25, 0.3) is 11.5 Å². The van der Waals surface area contributed by atoms with Gasteiger partial charge in [-0.05, 0) is 35.2 Å². The lowest BCUT2D eigenvalue weighted by Gasteiger charge is -2.19. The molecule has 3 aromatic rings. The van der Waals surface area contributed by atoms with Crippen LogP contribution in [0.1, 0.15) is 43.6 Å². The molecule has 3 N–H and O–H groups in total. The molecule has 0 atom stereocenters. The van der Waals surface area contributed by atoms with Crippen LogP contribution >= 0.6 is 0 Å². The lowest BCUT2D eigenvalue weighted by Crippen LogP contribution is -2.20. The zero-order valence-electron chi connectivity index (χ0n) is 16.7. The Morgan fingerprint density at radius 2 is 1.86 bits per heavy atom. The fourth-order valence-corrected chi connectivity index (χ4v) is 2.74. The van der Waals surface area contributed by atoms with Gasteiger partial charge in [-0.2, -0.15) is 4.68 Å². The highest BCUT2D eigenvalue weighted by atomic mass is 16.2. The molecule has 0 spiro atoms. The van der Waals surface area contributed by atoms with Crippen LogP contribution in [0.15, 0.2) is 53.6 Å². The van der Waals surface area contributed by atoms with E-state index in [1.807, 2.05) is 24.3 Å². The number of carbonyl (C=O) groups excluding carboxylic acids is 2. The molecule has 0 radical (unpaired) electrons. The number of benzene rings is 1. The van der Waals surface area contributed by atoms with E-state index in [9.17, 15) is 14.4 Å². The molecule has 0 aliphatic carbocycles. The number of amides is 2. The summed E-state index contributed by atoms with van der Waals surface area (Å²) in [4.78, 5) is 40.1. The maximum Gasteiger partial charge on any atom is 0.296 e. The Kier molecular flexibility index (Phi) is 5.36. The van der Waals surface area contributed by atoms with Crippen molar-refractivity contribution in [3.8, 4) is 5.82 Å². The minimum absolute atomic E-state index is 0.0245. The first kappa shape index (κ1) is 20.1. The number of pyridine rings is 1. The molecule has 0 saturated heterocycles. The highest BCUT2D eigenvalue weighted by Crippen LogP contribution is 2.24. The van der Waals surface area contributed by atoms with Crippen molar-refractivity contribution in [3.05, 3.63) is 70.3 Å². The number of H-pyrrole nitrogens is 1. The average molecular weight is 393 g/mol. The van der Waals surface area contributed by atoms with Gasteiger partial charge in [0.15, 0.2) is 5.82 Å². The van der Waals surface area contributed by atoms with Gasteiger partial charge in [0.05, 0.1) is 5.56 Å². The van der Waals surface area contributed by atoms with Crippen molar-refractivity contribution >= 4 is 23.2 Å². The summed E-state index contributed by atoms with van der Waals surface area (Å²) in [5.74, 6) is -0.338. The molecular formula is C21H23N5O3. The Hall–Kier alpha value is -3.68. The highest BCUT2D eigenvalue weighted by Gasteiger charge is 2.15. The van der Waals surface area contributed by atoms with Gasteiger partial charge < -0.3 is 10.6 Å². The van der Waals surface area contributed by atoms with Crippen LogP contribution in [0.5, 0.6) is 0 Å². The molecule has 2 heterocycles. The van der Waals surface area contributed by atoms with Crippen molar-refractivity contribution in [1.29, 1.82) is 0 Å². The second-order valence-electron chi connectivity index (χ2n) is 7.70. The largest absolute Gasteiger partial charge is 0.322 e. The smallest absolute Gasteiger partial charge is 0.296 e. The zero-order chi connectivity index (χ0) is 21.2. The van der Waals surface area contributed by atoms with E-state index in [0.717, 1.165) is 5.56 Å². The van der Waals surface area contributed by atoms with Crippen LogP contribution < -0.4 is 16.2 Å². The van der Waals surface area contributed by atoms with E-state index in [2.05, 4.69) is 41.5 Å². The second-order valence-corrected chi connectivity index (χ2v) is 7.70. The van der Waals surface area contributed by atoms with Crippen molar-refractivity contribution in [1.82, 2.24) is 14.8 Å². The van der Waals surface area contributed by atoms with Gasteiger partial charge >= 0.3 is 0 Å². The quantitative estimate of drug-likeness (QED) is 0.633. The fourth-order valence-electron chi connectivity index (χ4n) is 2.74. The maximum atomic E-state index is 12.5. The van der Waals surface area contributed by atoms with Crippen LogP contribution in [0.4, 0.5) is 11.4 Å². The SMILES string of the molecule is CC(=O)Nc1c[nH]n(-c2ccc(C(=O)Nc3cccc(C(C)(C)C)c3)cn2)c1=O. The molecule has 8 heteroatoms. The Morgan fingerprint density at radius 1 is 1.10 bits per heavy atom. The summed E-state index contributed by atoms with van der Waals surface area (Å²) in [5, 5.41) is 8.03. The molecule has 150 valence electrons. The number of hydrogen-bond acceptors (Lipinski definition) is 4. The van der Waals surface area contributed by atoms with Crippen LogP contribution in [-0.4, -0.2) is 26.6 Å². The molecule has 8 nitrogen and oxygen atoms in total. The second kappa shape index (κ2) is 7.75. The third kappa shape index (κ3) is 4.60. The molecule has 0 saturated carbocycles. The van der Waals surface area contributed by atoms with Gasteiger partial charge in [-0.15, -0.1) is 0 Å². The van der Waals surface area contributed by atoms with Crippen molar-refractivity contribution in [2.45, 2.75) is 33.1 Å². The molecule has 3 rings (SSSR count). The van der Waals surface area contributed by atoms with Gasteiger partial charge in [0.2, 0.25) is 5.91 Å². The summed E-state index contributed by atoms with van der Waals surface area (Å²) in [6.45, 7) is 7.64. The topological polar surface area (TPSA) is 109 Å². The van der Waals surface area contributed by atoms with Gasteiger partial charge in [-0.25, -0.2) is 4.98 Å². The predicted octanol–water partition coefficient (Wildman–Crippen LogP) is 3.07. The molecule has 0 fully saturated rings. The number of rotatable bonds is 4. The van der Waals surface area contributed by atoms with E-state index < -0.39 is 5.56 Å². The molecule has 1 aromatic carbocycles. The molecule has 29 heavy (non-hydrogen) atoms. The highest BCUT2D eigenvalue weighted by molar-refractivity contribution is 6.04. The summed E-state index contributed by atoms with van der Waals surface area (Å²) in [5.41, 5.74) is 1.83. The summed E-state index contributed by atoms with van der Waals surface area (Å²) >= 11 is 0. The Morgan fingerprint density at radius 3 is 2.48 bits per heavy atom. The van der Waals surface area contributed by atoms with Crippen LogP contribution in [-0.2, 0) is 10.2 Å². The number of hydrogen-bond donors (Lipinski definition) is 3. The van der Waals surface area contributed by atoms with Gasteiger partial charge in [-0.1, -0.05) is 32.9 Å². The van der Waals surface area contributed by atoms with Crippen LogP contribution in [0.25, 0.3) is 5.82 Å². The van der Waals surface area contributed by atoms with E-state index in [-0.39, 0.29) is 22.9 Å². The van der Waals surface area contributed by atoms with Crippen LogP contribution in [0, 0.1) is 0 Å². The molecular weight excluding hydrogens is 370 g/mol. The maximum absolute atomic E-state index is 12.5. The number of carbonyl (C=O) groups is 2. The summed E-state index contributed by atoms with van der Waals surface area (Å²) < 4.78 is 1.18. The molecule has 0 unspecified atom stereocenters. The first-order valence-corrected chi connectivity index (χ1v) is 9.11. The summed E-state index contributed by atoms with van der Waals surface area (Å²) in [6, 6.07) is 10.8. The molecule has 0 bridgehead atoms. The van der Waals surface area contributed by atoms with Crippen LogP contribution in [0.3, 0.4) is 0 Å². The van der Waals surface area contributed by atoms with E-state index in [1.165, 1.54) is 24.0 Å². The summed E-state index contributed by atoms with van der Waals surface area (Å²) in [7, 11) is 0. The van der Waals surface area contributed by atoms with Crippen molar-refractivity contribution < 1.29 is 9.59 Å². The first-order valence-electron chi connectivity index (χ1n) is 9.11. The van der Waals surface area contributed by atoms with E-state index in [0.29, 0.717) is 17.1 Å². The molecule has 0 aliphatic heterocycles. The minimum Gasteiger partial charge on any atom is -0.322 e. The standard InChI is InChI=1S/C21H23N5O3/c1-13(27)24-17-12-23-26(20(17)29)18-9-8-14(11-22-18)19(28)25-16-7-5-6-15(10-16)21(2,3)4/h5-12,23H,1-4H3,(H,24,27)(H,25,28). The normalized spacial score (nSPS) is 11.2. The van der Waals surface area contributed by atoms with Gasteiger partial charge in [0.1, 0.15) is 5.69 Å². The van der Waals surface area contributed by atoms with Gasteiger partial charge in [-0.3, -0.25) is 19.5 Å². The Labute approximate surface area is 168 Å². The van der Waals surface area contributed by atoms with E-state index in [1.54, 1.807) is 12.1 Å². The lowest BCUT2D eigenvalue weighted by molar-refractivity contribution is -0.114. The Balaban J connectivity index is 1.77. The molecule has 2 aromatic heterocycles. The third-order valence-corrected chi connectivity index (χ3v) is 4.31. The molecule has 0 aliphatic rings. The Bertz CT molecular complexity index is 1100. The van der Waals surface area contributed by atoms with E-state index >= 15 is 0 Å². The predicted molar refractivity (Wildman–Crippen MR) is 112 cm³/mol. The fraction of sp³-hybridized carbons (Fsp3) is 0.238. The van der Waals surface area contributed by atoms with Gasteiger partial charge in [0, 0.05) is 25.0 Å². The van der Waals surface area contributed by atoms with Crippen molar-refractivity contribution in [2.75, 3.05) is 10.6 Å². The number of aromatic amines is 1. The van der Waals surface area contributed by atoms with Crippen molar-refractivity contribution in [2.24, 2.45) is 0 Å². The number of anilines is 2. The van der Waals surface area contributed by atoms with E-state index in [4.69, 9.17) is 0 Å². The third-order valence-electron chi connectivity index (χ3n) is 4.31. The first-order chi connectivity index (χ1) is 13.6. The monoisotopic (exact) mass is 393 g/mol. The molecule has 2 amide bonds. The van der Waals surface area contributed by atoms with Crippen LogP contribution in [0.2, 0.25) is 0 Å². The number of nitrogens with zero attached hydrogens (tertiary/aromatic N) is 2. The number of aromatic nitrogens is 3. The van der Waals surface area contributed by atoms with Crippen molar-refractivity contribution in [3.63, 3.8) is 0 Å². The average Bonchev–Trinajstić information content (AvgIpc) is 3.01.